The Morgan fingerprint density at radius 1 is 0.597 bits per heavy atom. The van der Waals surface area contributed by atoms with E-state index in [0.717, 1.165) is 0 Å². The normalized spacial score (nSPS) is 14.8. The average Bonchev–Trinajstić information content (AvgIpc) is 3.24. The van der Waals surface area contributed by atoms with Crippen molar-refractivity contribution in [2.75, 3.05) is 26.2 Å². The number of carboxylic acid groups (broad SMARTS) is 2. The molecule has 0 spiro atoms. The van der Waals surface area contributed by atoms with Crippen LogP contribution in [0.2, 0.25) is 0 Å². The molecule has 8 unspecified atom stereocenters. The number of aliphatic carboxylic acids is 2. The molecule has 22 heteroatoms. The van der Waals surface area contributed by atoms with E-state index >= 15 is 0 Å². The highest BCUT2D eigenvalue weighted by Crippen LogP contribution is 2.11. The lowest BCUT2D eigenvalue weighted by Crippen LogP contribution is -2.60. The number of carbonyl (C=O) groups is 9. The molecule has 0 saturated carbocycles. The second kappa shape index (κ2) is 29.5. The number of rotatable bonds is 31. The van der Waals surface area contributed by atoms with Crippen molar-refractivity contribution in [1.29, 1.82) is 0 Å². The van der Waals surface area contributed by atoms with Crippen molar-refractivity contribution < 1.29 is 58.5 Å². The van der Waals surface area contributed by atoms with E-state index in [1.165, 1.54) is 6.92 Å². The van der Waals surface area contributed by atoms with Crippen LogP contribution in [0.15, 0.2) is 30.3 Å². The zero-order valence-electron chi connectivity index (χ0n) is 35.7. The maximum Gasteiger partial charge on any atom is 0.322 e. The van der Waals surface area contributed by atoms with Crippen molar-refractivity contribution in [3.63, 3.8) is 0 Å². The summed E-state index contributed by atoms with van der Waals surface area (Å²) >= 11 is 0. The largest absolute Gasteiger partial charge is 0.481 e. The molecular formula is C40H66N10O12. The highest BCUT2D eigenvalue weighted by Gasteiger charge is 2.34. The molecule has 1 aromatic carbocycles. The lowest BCUT2D eigenvalue weighted by molar-refractivity contribution is -0.139. The van der Waals surface area contributed by atoms with Crippen molar-refractivity contribution in [3.8, 4) is 0 Å². The Balaban J connectivity index is 3.31. The molecular weight excluding hydrogens is 812 g/mol. The molecule has 22 nitrogen and oxygen atoms in total. The lowest BCUT2D eigenvalue weighted by Gasteiger charge is -2.28. The summed E-state index contributed by atoms with van der Waals surface area (Å²) in [6, 6.07) is -0.732. The van der Waals surface area contributed by atoms with Crippen LogP contribution in [0.1, 0.15) is 84.1 Å². The molecule has 348 valence electrons. The van der Waals surface area contributed by atoms with Crippen LogP contribution in [-0.2, 0) is 49.6 Å². The van der Waals surface area contributed by atoms with Gasteiger partial charge in [0.2, 0.25) is 41.4 Å². The van der Waals surface area contributed by atoms with Crippen molar-refractivity contribution in [2.24, 2.45) is 23.1 Å². The SMILES string of the molecule is CCC(C)C(NC(=O)C(N)CCCCN)C(=O)NC(C)C(=O)NC(CCC(=O)O)C(=O)NC(CCCCN)C(=O)NC(Cc1ccccc1)C(=O)NC(CO)C(=O)NCC(=O)O. The first-order chi connectivity index (χ1) is 29.4. The Kier molecular flexibility index (Phi) is 25.9. The molecule has 0 radical (unpaired) electrons. The zero-order valence-corrected chi connectivity index (χ0v) is 35.7. The summed E-state index contributed by atoms with van der Waals surface area (Å²) < 4.78 is 0. The van der Waals surface area contributed by atoms with E-state index in [2.05, 4.69) is 37.2 Å². The lowest BCUT2D eigenvalue weighted by atomic mass is 9.97. The minimum Gasteiger partial charge on any atom is -0.481 e. The summed E-state index contributed by atoms with van der Waals surface area (Å²) in [4.78, 5) is 116. The molecule has 62 heavy (non-hydrogen) atoms. The molecule has 0 aliphatic heterocycles. The van der Waals surface area contributed by atoms with Crippen LogP contribution in [0, 0.1) is 5.92 Å². The van der Waals surface area contributed by atoms with Gasteiger partial charge in [-0.15, -0.1) is 0 Å². The molecule has 0 aliphatic carbocycles. The summed E-state index contributed by atoms with van der Waals surface area (Å²) in [6.45, 7) is 3.83. The fraction of sp³-hybridized carbons (Fsp3) is 0.625. The highest BCUT2D eigenvalue weighted by atomic mass is 16.4. The molecule has 8 atom stereocenters. The maximum absolute atomic E-state index is 13.9. The van der Waals surface area contributed by atoms with E-state index < -0.39 is 122 Å². The Labute approximate surface area is 361 Å². The smallest absolute Gasteiger partial charge is 0.322 e. The maximum atomic E-state index is 13.9. The van der Waals surface area contributed by atoms with Gasteiger partial charge in [0.05, 0.1) is 12.6 Å². The quantitative estimate of drug-likeness (QED) is 0.0328. The molecule has 1 aromatic rings. The van der Waals surface area contributed by atoms with Gasteiger partial charge in [-0.05, 0) is 70.0 Å². The van der Waals surface area contributed by atoms with Crippen LogP contribution in [0.5, 0.6) is 0 Å². The van der Waals surface area contributed by atoms with Crippen LogP contribution in [0.4, 0.5) is 0 Å². The number of hydrogen-bond acceptors (Lipinski definition) is 13. The number of nitrogens with one attached hydrogen (secondary N) is 7. The number of unbranched alkanes of at least 4 members (excludes halogenated alkanes) is 2. The van der Waals surface area contributed by atoms with Crippen molar-refractivity contribution in [1.82, 2.24) is 37.2 Å². The summed E-state index contributed by atoms with van der Waals surface area (Å²) in [5, 5.41) is 45.2. The Morgan fingerprint density at radius 3 is 1.68 bits per heavy atom. The molecule has 0 aliphatic rings. The van der Waals surface area contributed by atoms with Crippen LogP contribution in [0.3, 0.4) is 0 Å². The van der Waals surface area contributed by atoms with Gasteiger partial charge in [0.15, 0.2) is 0 Å². The predicted molar refractivity (Wildman–Crippen MR) is 225 cm³/mol. The minimum atomic E-state index is -1.59. The van der Waals surface area contributed by atoms with Crippen molar-refractivity contribution in [3.05, 3.63) is 35.9 Å². The molecule has 1 rings (SSSR count). The molecule has 0 heterocycles. The number of carbonyl (C=O) groups excluding carboxylic acids is 7. The number of benzene rings is 1. The van der Waals surface area contributed by atoms with Crippen molar-refractivity contribution >= 4 is 53.3 Å². The Hall–Kier alpha value is -5.71. The summed E-state index contributed by atoms with van der Waals surface area (Å²) in [7, 11) is 0. The number of carboxylic acids is 2. The third kappa shape index (κ3) is 20.7. The first-order valence-corrected chi connectivity index (χ1v) is 20.7. The molecule has 0 aromatic heterocycles. The second-order valence-electron chi connectivity index (χ2n) is 14.9. The topological polar surface area (TPSA) is 377 Å². The van der Waals surface area contributed by atoms with Crippen LogP contribution in [-0.4, -0.2) is 137 Å². The third-order valence-corrected chi connectivity index (χ3v) is 9.86. The average molecular weight is 879 g/mol. The fourth-order valence-electron chi connectivity index (χ4n) is 5.92. The summed E-state index contributed by atoms with van der Waals surface area (Å²) in [5.74, 6) is -8.94. The minimum absolute atomic E-state index is 0.0171. The molecule has 16 N–H and O–H groups in total. The van der Waals surface area contributed by atoms with Crippen molar-refractivity contribution in [2.45, 2.75) is 127 Å². The van der Waals surface area contributed by atoms with Gasteiger partial charge < -0.3 is 69.7 Å². The van der Waals surface area contributed by atoms with E-state index in [4.69, 9.17) is 22.3 Å². The molecule has 7 amide bonds. The van der Waals surface area contributed by atoms with E-state index in [-0.39, 0.29) is 25.3 Å². The van der Waals surface area contributed by atoms with Crippen LogP contribution in [0.25, 0.3) is 0 Å². The molecule has 0 saturated heterocycles. The van der Waals surface area contributed by atoms with Gasteiger partial charge in [0.25, 0.3) is 0 Å². The van der Waals surface area contributed by atoms with Gasteiger partial charge in [0, 0.05) is 12.8 Å². The van der Waals surface area contributed by atoms with E-state index in [1.54, 1.807) is 37.3 Å². The van der Waals surface area contributed by atoms with Crippen LogP contribution >= 0.6 is 0 Å². The Bertz CT molecular complexity index is 1640. The summed E-state index contributed by atoms with van der Waals surface area (Å²) in [6.07, 6.45) is 1.68. The van der Waals surface area contributed by atoms with E-state index in [1.807, 2.05) is 6.92 Å². The molecule has 0 fully saturated rings. The Morgan fingerprint density at radius 2 is 1.13 bits per heavy atom. The van der Waals surface area contributed by atoms with Gasteiger partial charge in [-0.2, -0.15) is 0 Å². The molecule has 0 bridgehead atoms. The van der Waals surface area contributed by atoms with Gasteiger partial charge in [-0.3, -0.25) is 43.2 Å². The third-order valence-electron chi connectivity index (χ3n) is 9.86. The first-order valence-electron chi connectivity index (χ1n) is 20.7. The van der Waals surface area contributed by atoms with Gasteiger partial charge in [-0.1, -0.05) is 57.0 Å². The number of amides is 7. The van der Waals surface area contributed by atoms with Crippen LogP contribution < -0.4 is 54.4 Å². The summed E-state index contributed by atoms with van der Waals surface area (Å²) in [5.41, 5.74) is 17.8. The number of hydrogen-bond donors (Lipinski definition) is 13. The number of aliphatic hydroxyl groups is 1. The highest BCUT2D eigenvalue weighted by molar-refractivity contribution is 5.97. The van der Waals surface area contributed by atoms with E-state index in [0.29, 0.717) is 50.6 Å². The van der Waals surface area contributed by atoms with E-state index in [9.17, 15) is 53.4 Å². The number of aliphatic hydroxyl groups excluding tert-OH is 1. The standard InChI is InChI=1S/C40H66N10O12/c1-4-23(2)33(50-35(57)26(43)14-8-10-18-41)40(62)45-24(3)34(56)46-28(16-17-31(52)53)38(60)47-27(15-9-11-19-42)37(59)48-29(20-25-12-6-5-7-13-25)39(61)49-30(22-51)36(58)44-21-32(54)55/h5-7,12-13,23-24,26-30,33,51H,4,8-11,14-22,41-43H2,1-3H3,(H,44,58)(H,45,62)(H,46,56)(H,47,60)(H,48,59)(H,49,61)(H,50,57)(H,52,53)(H,54,55). The van der Waals surface area contributed by atoms with Gasteiger partial charge in [0.1, 0.15) is 42.8 Å². The number of nitrogens with two attached hydrogens (primary N) is 3. The monoisotopic (exact) mass is 878 g/mol. The first kappa shape index (κ1) is 54.3. The zero-order chi connectivity index (χ0) is 46.8. The predicted octanol–water partition coefficient (Wildman–Crippen LogP) is -3.15. The van der Waals surface area contributed by atoms with Gasteiger partial charge >= 0.3 is 11.9 Å². The second-order valence-corrected chi connectivity index (χ2v) is 14.9. The van der Waals surface area contributed by atoms with Gasteiger partial charge in [-0.25, -0.2) is 0 Å². The fourth-order valence-corrected chi connectivity index (χ4v) is 5.92.